The summed E-state index contributed by atoms with van der Waals surface area (Å²) in [5.74, 6) is -1.91. The highest BCUT2D eigenvalue weighted by Gasteiger charge is 2.48. The fourth-order valence-electron chi connectivity index (χ4n) is 3.20. The number of nitrogens with one attached hydrogen (secondary N) is 1. The molecule has 0 saturated heterocycles. The molecular formula is C18H22Cl2N2O6. The van der Waals surface area contributed by atoms with Crippen molar-refractivity contribution in [3.63, 3.8) is 0 Å². The van der Waals surface area contributed by atoms with Gasteiger partial charge in [-0.15, -0.1) is 0 Å². The fourth-order valence-corrected chi connectivity index (χ4v) is 3.54. The number of esters is 3. The predicted octanol–water partition coefficient (Wildman–Crippen LogP) is 2.80. The Morgan fingerprint density at radius 3 is 2.18 bits per heavy atom. The molecule has 1 aliphatic carbocycles. The highest BCUT2D eigenvalue weighted by Crippen LogP contribution is 2.37. The van der Waals surface area contributed by atoms with E-state index >= 15 is 0 Å². The molecule has 1 aromatic rings. The van der Waals surface area contributed by atoms with Crippen LogP contribution in [0.25, 0.3) is 0 Å². The first-order valence-corrected chi connectivity index (χ1v) is 9.33. The summed E-state index contributed by atoms with van der Waals surface area (Å²) in [6, 6.07) is 2.60. The van der Waals surface area contributed by atoms with Crippen molar-refractivity contribution in [3.8, 4) is 0 Å². The molecule has 8 nitrogen and oxygen atoms in total. The van der Waals surface area contributed by atoms with Crippen LogP contribution in [0.2, 0.25) is 10.0 Å². The molecule has 0 aliphatic heterocycles. The fraction of sp³-hybridized carbons (Fsp3) is 0.500. The Morgan fingerprint density at radius 2 is 1.61 bits per heavy atom. The Morgan fingerprint density at radius 1 is 1.04 bits per heavy atom. The van der Waals surface area contributed by atoms with Crippen LogP contribution in [-0.4, -0.2) is 42.8 Å². The maximum Gasteiger partial charge on any atom is 0.303 e. The largest absolute Gasteiger partial charge is 0.465 e. The van der Waals surface area contributed by atoms with Crippen molar-refractivity contribution < 1.29 is 28.6 Å². The number of nitrogen functional groups attached to an aromatic ring is 1. The second-order valence-electron chi connectivity index (χ2n) is 6.55. The Hall–Kier alpha value is -2.19. The third-order valence-electron chi connectivity index (χ3n) is 4.28. The maximum atomic E-state index is 11.6. The Labute approximate surface area is 172 Å². The van der Waals surface area contributed by atoms with Crippen LogP contribution in [0.1, 0.15) is 27.2 Å². The minimum Gasteiger partial charge on any atom is -0.465 e. The number of ether oxygens (including phenoxy) is 3. The van der Waals surface area contributed by atoms with Gasteiger partial charge in [-0.3, -0.25) is 14.4 Å². The summed E-state index contributed by atoms with van der Waals surface area (Å²) < 4.78 is 15.9. The third kappa shape index (κ3) is 5.65. The highest BCUT2D eigenvalue weighted by molar-refractivity contribution is 6.42. The van der Waals surface area contributed by atoms with Crippen molar-refractivity contribution in [1.82, 2.24) is 0 Å². The number of anilines is 2. The van der Waals surface area contributed by atoms with Crippen LogP contribution >= 0.6 is 23.2 Å². The van der Waals surface area contributed by atoms with Crippen molar-refractivity contribution in [2.45, 2.75) is 45.4 Å². The van der Waals surface area contributed by atoms with Gasteiger partial charge in [0.05, 0.1) is 34.1 Å². The zero-order valence-corrected chi connectivity index (χ0v) is 17.2. The summed E-state index contributed by atoms with van der Waals surface area (Å²) in [6.07, 6.45) is -1.21. The Bertz CT molecular complexity index is 773. The molecule has 1 saturated carbocycles. The lowest BCUT2D eigenvalue weighted by atomic mass is 10.1. The van der Waals surface area contributed by atoms with E-state index in [1.54, 1.807) is 6.07 Å². The van der Waals surface area contributed by atoms with E-state index in [0.29, 0.717) is 27.8 Å². The van der Waals surface area contributed by atoms with Gasteiger partial charge in [0.15, 0.2) is 6.10 Å². The van der Waals surface area contributed by atoms with E-state index in [0.717, 1.165) is 0 Å². The first-order valence-electron chi connectivity index (χ1n) is 8.57. The highest BCUT2D eigenvalue weighted by atomic mass is 35.5. The van der Waals surface area contributed by atoms with Crippen molar-refractivity contribution in [2.24, 2.45) is 5.92 Å². The van der Waals surface area contributed by atoms with Crippen molar-refractivity contribution in [2.75, 3.05) is 17.7 Å². The van der Waals surface area contributed by atoms with Gasteiger partial charge in [0, 0.05) is 26.7 Å². The van der Waals surface area contributed by atoms with Crippen LogP contribution in [-0.2, 0) is 28.6 Å². The molecular weight excluding hydrogens is 411 g/mol. The molecule has 2 rings (SSSR count). The standard InChI is InChI=1S/C18H22Cl2N2O6/c1-8(23)26-7-11-4-16(18(28-10(3)25)17(11)27-9(2)24)22-15-6-13(20)12(19)5-14(15)21/h5-6,11,16-18,22H,4,7,21H2,1-3H3/t11-,16-,17?,18+/m0/s1. The quantitative estimate of drug-likeness (QED) is 0.400. The molecule has 1 unspecified atom stereocenters. The van der Waals surface area contributed by atoms with E-state index in [4.69, 9.17) is 43.1 Å². The van der Waals surface area contributed by atoms with Gasteiger partial charge in [-0.25, -0.2) is 0 Å². The number of hydrogen-bond donors (Lipinski definition) is 2. The topological polar surface area (TPSA) is 117 Å². The first kappa shape index (κ1) is 22.1. The minimum atomic E-state index is -0.809. The van der Waals surface area contributed by atoms with Crippen LogP contribution in [0, 0.1) is 5.92 Å². The molecule has 10 heteroatoms. The van der Waals surface area contributed by atoms with Gasteiger partial charge in [-0.2, -0.15) is 0 Å². The molecule has 0 radical (unpaired) electrons. The molecule has 1 aromatic carbocycles. The van der Waals surface area contributed by atoms with Crippen LogP contribution in [0.4, 0.5) is 11.4 Å². The zero-order chi connectivity index (χ0) is 21.0. The Balaban J connectivity index is 2.31. The van der Waals surface area contributed by atoms with Crippen LogP contribution in [0.3, 0.4) is 0 Å². The van der Waals surface area contributed by atoms with Crippen LogP contribution in [0.15, 0.2) is 12.1 Å². The average molecular weight is 433 g/mol. The van der Waals surface area contributed by atoms with E-state index in [1.165, 1.54) is 26.8 Å². The lowest BCUT2D eigenvalue weighted by molar-refractivity contribution is -0.167. The molecule has 1 aliphatic rings. The van der Waals surface area contributed by atoms with Gasteiger partial charge in [-0.05, 0) is 18.6 Å². The molecule has 28 heavy (non-hydrogen) atoms. The predicted molar refractivity (Wildman–Crippen MR) is 104 cm³/mol. The smallest absolute Gasteiger partial charge is 0.303 e. The molecule has 4 atom stereocenters. The molecule has 1 fully saturated rings. The van der Waals surface area contributed by atoms with E-state index < -0.39 is 36.2 Å². The van der Waals surface area contributed by atoms with Crippen molar-refractivity contribution in [3.05, 3.63) is 22.2 Å². The summed E-state index contributed by atoms with van der Waals surface area (Å²) in [5, 5.41) is 3.78. The number of benzene rings is 1. The molecule has 3 N–H and O–H groups in total. The number of carbonyl (C=O) groups excluding carboxylic acids is 3. The number of hydrogen-bond acceptors (Lipinski definition) is 8. The molecule has 154 valence electrons. The van der Waals surface area contributed by atoms with Gasteiger partial charge < -0.3 is 25.3 Å². The van der Waals surface area contributed by atoms with E-state index in [9.17, 15) is 14.4 Å². The van der Waals surface area contributed by atoms with Gasteiger partial charge in [0.2, 0.25) is 0 Å². The number of rotatable bonds is 6. The summed E-state index contributed by atoms with van der Waals surface area (Å²) >= 11 is 12.0. The second-order valence-corrected chi connectivity index (χ2v) is 7.37. The lowest BCUT2D eigenvalue weighted by Crippen LogP contribution is -2.41. The van der Waals surface area contributed by atoms with Gasteiger partial charge in [0.25, 0.3) is 0 Å². The second kappa shape index (κ2) is 9.34. The summed E-state index contributed by atoms with van der Waals surface area (Å²) in [4.78, 5) is 34.4. The number of halogens is 2. The van der Waals surface area contributed by atoms with Crippen molar-refractivity contribution >= 4 is 52.5 Å². The number of nitrogens with two attached hydrogens (primary N) is 1. The monoisotopic (exact) mass is 432 g/mol. The molecule has 0 amide bonds. The minimum absolute atomic E-state index is 0.0140. The van der Waals surface area contributed by atoms with Crippen LogP contribution in [0.5, 0.6) is 0 Å². The summed E-state index contributed by atoms with van der Waals surface area (Å²) in [7, 11) is 0. The van der Waals surface area contributed by atoms with Gasteiger partial charge in [-0.1, -0.05) is 23.2 Å². The SMILES string of the molecule is CC(=O)OC[C@@H]1C[C@H](Nc2cc(Cl)c(Cl)cc2N)[C@@H](OC(C)=O)C1OC(C)=O. The van der Waals surface area contributed by atoms with E-state index in [1.807, 2.05) is 0 Å². The Kier molecular flexibility index (Phi) is 7.37. The summed E-state index contributed by atoms with van der Waals surface area (Å²) in [5.41, 5.74) is 6.84. The van der Waals surface area contributed by atoms with Gasteiger partial charge >= 0.3 is 17.9 Å². The zero-order valence-electron chi connectivity index (χ0n) is 15.7. The molecule has 0 bridgehead atoms. The number of carbonyl (C=O) groups is 3. The first-order chi connectivity index (χ1) is 13.1. The third-order valence-corrected chi connectivity index (χ3v) is 5.00. The van der Waals surface area contributed by atoms with Gasteiger partial charge in [0.1, 0.15) is 6.10 Å². The lowest BCUT2D eigenvalue weighted by Gasteiger charge is -2.27. The van der Waals surface area contributed by atoms with E-state index in [2.05, 4.69) is 5.32 Å². The molecule has 0 aromatic heterocycles. The normalized spacial score (nSPS) is 23.8. The maximum absolute atomic E-state index is 11.6. The summed E-state index contributed by atoms with van der Waals surface area (Å²) in [6.45, 7) is 3.81. The van der Waals surface area contributed by atoms with E-state index in [-0.39, 0.29) is 12.5 Å². The van der Waals surface area contributed by atoms with Crippen molar-refractivity contribution in [1.29, 1.82) is 0 Å². The average Bonchev–Trinajstić information content (AvgIpc) is 2.86. The van der Waals surface area contributed by atoms with Crippen LogP contribution < -0.4 is 11.1 Å². The molecule has 0 heterocycles. The molecule has 0 spiro atoms.